The van der Waals surface area contributed by atoms with Crippen molar-refractivity contribution in [2.24, 2.45) is 0 Å². The number of fused-ring (bicyclic) bond motifs is 1. The van der Waals surface area contributed by atoms with E-state index in [1.165, 1.54) is 0 Å². The first-order chi connectivity index (χ1) is 11.7. The van der Waals surface area contributed by atoms with Gasteiger partial charge in [-0.2, -0.15) is 0 Å². The van der Waals surface area contributed by atoms with Gasteiger partial charge in [0.2, 0.25) is 5.95 Å². The second-order valence-corrected chi connectivity index (χ2v) is 8.73. The molecule has 0 aliphatic carbocycles. The second kappa shape index (κ2) is 7.14. The summed E-state index contributed by atoms with van der Waals surface area (Å²) in [6, 6.07) is 1.94. The molecule has 0 spiro atoms. The van der Waals surface area contributed by atoms with Crippen molar-refractivity contribution in [2.75, 3.05) is 18.4 Å². The highest BCUT2D eigenvalue weighted by molar-refractivity contribution is 14.1. The van der Waals surface area contributed by atoms with Crippen LogP contribution in [0.15, 0.2) is 12.3 Å². The lowest BCUT2D eigenvalue weighted by Gasteiger charge is -2.34. The number of pyridine rings is 1. The van der Waals surface area contributed by atoms with Crippen LogP contribution < -0.4 is 5.32 Å². The van der Waals surface area contributed by atoms with Crippen LogP contribution in [0.5, 0.6) is 0 Å². The van der Waals surface area contributed by atoms with Crippen molar-refractivity contribution in [3.8, 4) is 0 Å². The monoisotopic (exact) mass is 477 g/mol. The lowest BCUT2D eigenvalue weighted by atomic mass is 10.1. The summed E-state index contributed by atoms with van der Waals surface area (Å²) in [5, 5.41) is 12.4. The fraction of sp³-hybridized carbons (Fsp3) is 0.562. The number of aromatic nitrogens is 3. The molecule has 1 amide bonds. The lowest BCUT2D eigenvalue weighted by molar-refractivity contribution is 0.0206. The zero-order chi connectivity index (χ0) is 18.2. The third kappa shape index (κ3) is 4.46. The van der Waals surface area contributed by atoms with E-state index in [9.17, 15) is 4.79 Å². The van der Waals surface area contributed by atoms with Crippen molar-refractivity contribution >= 4 is 51.9 Å². The molecule has 1 N–H and O–H groups in total. The molecular formula is C16H21ClIN5O2. The van der Waals surface area contributed by atoms with E-state index in [1.807, 2.05) is 31.2 Å². The Morgan fingerprint density at radius 1 is 1.44 bits per heavy atom. The summed E-state index contributed by atoms with van der Waals surface area (Å²) in [7, 11) is 0. The Labute approximate surface area is 165 Å². The maximum Gasteiger partial charge on any atom is 0.410 e. The van der Waals surface area contributed by atoms with Gasteiger partial charge in [0.25, 0.3) is 0 Å². The van der Waals surface area contributed by atoms with Crippen LogP contribution in [0, 0.1) is 3.57 Å². The molecule has 0 radical (unpaired) electrons. The summed E-state index contributed by atoms with van der Waals surface area (Å²) in [6.45, 7) is 6.90. The molecule has 0 unspecified atom stereocenters. The van der Waals surface area contributed by atoms with E-state index in [4.69, 9.17) is 16.3 Å². The van der Waals surface area contributed by atoms with E-state index in [1.54, 1.807) is 11.1 Å². The largest absolute Gasteiger partial charge is 0.444 e. The minimum atomic E-state index is -0.492. The minimum Gasteiger partial charge on any atom is -0.444 e. The van der Waals surface area contributed by atoms with Crippen molar-refractivity contribution in [3.63, 3.8) is 0 Å². The number of nitrogens with zero attached hydrogens (tertiary/aromatic N) is 4. The van der Waals surface area contributed by atoms with Crippen molar-refractivity contribution < 1.29 is 9.53 Å². The normalized spacial score (nSPS) is 18.4. The summed E-state index contributed by atoms with van der Waals surface area (Å²) < 4.78 is 8.25. The molecule has 3 heterocycles. The molecule has 1 aliphatic rings. The molecule has 1 saturated heterocycles. The molecule has 0 bridgehead atoms. The number of nitrogens with one attached hydrogen (secondary N) is 1. The molecule has 7 nitrogen and oxygen atoms in total. The van der Waals surface area contributed by atoms with E-state index < -0.39 is 5.60 Å². The van der Waals surface area contributed by atoms with E-state index >= 15 is 0 Å². The van der Waals surface area contributed by atoms with Gasteiger partial charge in [0, 0.05) is 25.3 Å². The van der Waals surface area contributed by atoms with Crippen LogP contribution in [0.2, 0.25) is 5.02 Å². The van der Waals surface area contributed by atoms with Gasteiger partial charge in [0.1, 0.15) is 5.60 Å². The van der Waals surface area contributed by atoms with Gasteiger partial charge in [-0.25, -0.2) is 4.79 Å². The molecule has 9 heteroatoms. The maximum absolute atomic E-state index is 12.3. The molecule has 136 valence electrons. The van der Waals surface area contributed by atoms with Crippen LogP contribution in [0.4, 0.5) is 10.7 Å². The van der Waals surface area contributed by atoms with E-state index in [2.05, 4.69) is 38.1 Å². The molecule has 3 rings (SSSR count). The van der Waals surface area contributed by atoms with Crippen molar-refractivity contribution in [1.82, 2.24) is 19.5 Å². The number of amides is 1. The first-order valence-corrected chi connectivity index (χ1v) is 9.63. The number of likely N-dealkylation sites (tertiary alicyclic amines) is 1. The average Bonchev–Trinajstić information content (AvgIpc) is 2.89. The van der Waals surface area contributed by atoms with Crippen molar-refractivity contribution in [1.29, 1.82) is 0 Å². The summed E-state index contributed by atoms with van der Waals surface area (Å²) in [6.07, 6.45) is 3.37. The van der Waals surface area contributed by atoms with Crippen LogP contribution in [-0.2, 0) is 4.74 Å². The Kier molecular flexibility index (Phi) is 5.29. The standard InChI is InChI=1S/C16H21ClIN5O2/c1-16(2,3)25-15(24)22-6-4-5-11(9-22)19-14-21-20-13-12(18)7-10(17)8-23(13)14/h7-8,11H,4-6,9H2,1-3H3,(H,19,21)/t11-/m1/s1. The van der Waals surface area contributed by atoms with Gasteiger partial charge in [-0.05, 0) is 62.3 Å². The topological polar surface area (TPSA) is 71.8 Å². The number of halogens is 2. The minimum absolute atomic E-state index is 0.0883. The Morgan fingerprint density at radius 2 is 2.20 bits per heavy atom. The van der Waals surface area contributed by atoms with Crippen molar-refractivity contribution in [2.45, 2.75) is 45.3 Å². The number of hydrogen-bond donors (Lipinski definition) is 1. The van der Waals surface area contributed by atoms with Gasteiger partial charge in [0.05, 0.1) is 8.59 Å². The highest BCUT2D eigenvalue weighted by atomic mass is 127. The Hall–Kier alpha value is -1.29. The van der Waals surface area contributed by atoms with Gasteiger partial charge >= 0.3 is 6.09 Å². The highest BCUT2D eigenvalue weighted by Crippen LogP contribution is 2.22. The number of rotatable bonds is 2. The van der Waals surface area contributed by atoms with E-state index in [0.717, 1.165) is 22.1 Å². The molecular weight excluding hydrogens is 457 g/mol. The quantitative estimate of drug-likeness (QED) is 0.666. The van der Waals surface area contributed by atoms with Crippen LogP contribution in [0.1, 0.15) is 33.6 Å². The zero-order valence-corrected chi connectivity index (χ0v) is 17.3. The number of ether oxygens (including phenoxy) is 1. The van der Waals surface area contributed by atoms with Crippen molar-refractivity contribution in [3.05, 3.63) is 20.9 Å². The van der Waals surface area contributed by atoms with Gasteiger partial charge in [-0.1, -0.05) is 11.6 Å². The predicted octanol–water partition coefficient (Wildman–Crippen LogP) is 3.80. The maximum atomic E-state index is 12.3. The molecule has 1 fully saturated rings. The fourth-order valence-corrected chi connectivity index (χ4v) is 3.89. The molecule has 2 aromatic rings. The van der Waals surface area contributed by atoms with Gasteiger partial charge in [-0.15, -0.1) is 10.2 Å². The Morgan fingerprint density at radius 3 is 2.92 bits per heavy atom. The third-order valence-electron chi connectivity index (χ3n) is 3.83. The van der Waals surface area contributed by atoms with Crippen LogP contribution in [-0.4, -0.2) is 50.3 Å². The second-order valence-electron chi connectivity index (χ2n) is 7.13. The molecule has 1 atom stereocenters. The molecule has 0 aromatic carbocycles. The van der Waals surface area contributed by atoms with Gasteiger partial charge in [0.15, 0.2) is 5.65 Å². The highest BCUT2D eigenvalue weighted by Gasteiger charge is 2.28. The Bertz CT molecular complexity index is 789. The average molecular weight is 478 g/mol. The molecule has 2 aromatic heterocycles. The SMILES string of the molecule is CC(C)(C)OC(=O)N1CCC[C@@H](Nc2nnc3c(I)cc(Cl)cn23)C1. The van der Waals surface area contributed by atoms with Gasteiger partial charge < -0.3 is 15.0 Å². The first kappa shape index (κ1) is 18.5. The number of hydrogen-bond acceptors (Lipinski definition) is 5. The molecule has 25 heavy (non-hydrogen) atoms. The number of piperidine rings is 1. The number of anilines is 1. The van der Waals surface area contributed by atoms with Gasteiger partial charge in [-0.3, -0.25) is 4.40 Å². The van der Waals surface area contributed by atoms with E-state index in [-0.39, 0.29) is 12.1 Å². The summed E-state index contributed by atoms with van der Waals surface area (Å²) in [5.74, 6) is 0.631. The van der Waals surface area contributed by atoms with Crippen LogP contribution in [0.25, 0.3) is 5.65 Å². The summed E-state index contributed by atoms with van der Waals surface area (Å²) in [5.41, 5.74) is 0.265. The smallest absolute Gasteiger partial charge is 0.410 e. The summed E-state index contributed by atoms with van der Waals surface area (Å²) >= 11 is 8.33. The predicted molar refractivity (Wildman–Crippen MR) is 105 cm³/mol. The molecule has 0 saturated carbocycles. The number of carbonyl (C=O) groups is 1. The van der Waals surface area contributed by atoms with E-state index in [0.29, 0.717) is 24.1 Å². The van der Waals surface area contributed by atoms with Crippen LogP contribution in [0.3, 0.4) is 0 Å². The zero-order valence-electron chi connectivity index (χ0n) is 14.4. The molecule has 1 aliphatic heterocycles. The third-order valence-corrected chi connectivity index (χ3v) is 4.83. The fourth-order valence-electron chi connectivity index (χ4n) is 2.79. The Balaban J connectivity index is 1.72. The lowest BCUT2D eigenvalue weighted by Crippen LogP contribution is -2.47. The summed E-state index contributed by atoms with van der Waals surface area (Å²) in [4.78, 5) is 14.0. The first-order valence-electron chi connectivity index (χ1n) is 8.17. The number of carbonyl (C=O) groups excluding carboxylic acids is 1. The van der Waals surface area contributed by atoms with Crippen LogP contribution >= 0.6 is 34.2 Å².